The van der Waals surface area contributed by atoms with E-state index in [4.69, 9.17) is 4.42 Å². The minimum Gasteiger partial charge on any atom is -0.465 e. The maximum atomic E-state index is 12.8. The molecule has 2 unspecified atom stereocenters. The fourth-order valence-corrected chi connectivity index (χ4v) is 4.21. The first kappa shape index (κ1) is 20.3. The number of hydrogen-bond acceptors (Lipinski definition) is 3. The molecule has 30 heavy (non-hydrogen) atoms. The predicted octanol–water partition coefficient (Wildman–Crippen LogP) is 6.31. The number of likely N-dealkylation sites (tertiary alicyclic amines) is 1. The molecule has 0 aliphatic carbocycles. The van der Waals surface area contributed by atoms with Gasteiger partial charge in [0.1, 0.15) is 5.52 Å². The van der Waals surface area contributed by atoms with Crippen molar-refractivity contribution in [2.75, 3.05) is 6.54 Å². The summed E-state index contributed by atoms with van der Waals surface area (Å²) in [6.45, 7) is 4.52. The average Bonchev–Trinajstić information content (AvgIpc) is 3.16. The summed E-state index contributed by atoms with van der Waals surface area (Å²) in [7, 11) is 0. The molecular formula is C23H24F2N2O3. The summed E-state index contributed by atoms with van der Waals surface area (Å²) in [4.78, 5) is 17.7. The first-order valence-corrected chi connectivity index (χ1v) is 10.1. The van der Waals surface area contributed by atoms with Crippen molar-refractivity contribution in [2.24, 2.45) is 5.92 Å². The van der Waals surface area contributed by atoms with Gasteiger partial charge in [-0.3, -0.25) is 0 Å². The molecule has 0 radical (unpaired) electrons. The number of nitrogens with zero attached hydrogens (tertiary/aromatic N) is 2. The number of amides is 1. The number of halogens is 2. The van der Waals surface area contributed by atoms with Crippen LogP contribution in [0.5, 0.6) is 0 Å². The van der Waals surface area contributed by atoms with Gasteiger partial charge in [0.05, 0.1) is 0 Å². The van der Waals surface area contributed by atoms with Gasteiger partial charge in [-0.2, -0.15) is 0 Å². The van der Waals surface area contributed by atoms with Crippen LogP contribution in [-0.2, 0) is 0 Å². The number of fused-ring (bicyclic) bond motifs is 1. The van der Waals surface area contributed by atoms with Crippen LogP contribution in [0.25, 0.3) is 22.2 Å². The number of carboxylic acid groups (broad SMARTS) is 1. The third-order valence-electron chi connectivity index (χ3n) is 5.91. The van der Waals surface area contributed by atoms with E-state index in [2.05, 4.69) is 4.98 Å². The van der Waals surface area contributed by atoms with Gasteiger partial charge in [-0.15, -0.1) is 0 Å². The van der Waals surface area contributed by atoms with E-state index in [1.165, 1.54) is 17.0 Å². The molecule has 2 aromatic carbocycles. The average molecular weight is 414 g/mol. The Balaban J connectivity index is 1.59. The van der Waals surface area contributed by atoms with Gasteiger partial charge in [0.15, 0.2) is 11.5 Å². The van der Waals surface area contributed by atoms with E-state index in [0.29, 0.717) is 36.4 Å². The van der Waals surface area contributed by atoms with Crippen molar-refractivity contribution in [1.82, 2.24) is 9.88 Å². The summed E-state index contributed by atoms with van der Waals surface area (Å²) >= 11 is 0. The Morgan fingerprint density at radius 2 is 1.87 bits per heavy atom. The molecule has 0 bridgehead atoms. The molecule has 2 atom stereocenters. The van der Waals surface area contributed by atoms with E-state index >= 15 is 0 Å². The number of rotatable bonds is 4. The third kappa shape index (κ3) is 3.88. The molecule has 1 saturated heterocycles. The zero-order valence-electron chi connectivity index (χ0n) is 16.9. The van der Waals surface area contributed by atoms with Crippen LogP contribution in [0.4, 0.5) is 13.6 Å². The summed E-state index contributed by atoms with van der Waals surface area (Å²) in [5.41, 5.74) is 3.09. The topological polar surface area (TPSA) is 66.6 Å². The monoisotopic (exact) mass is 414 g/mol. The summed E-state index contributed by atoms with van der Waals surface area (Å²) in [6, 6.07) is 11.8. The van der Waals surface area contributed by atoms with Crippen LogP contribution in [0, 0.1) is 5.92 Å². The van der Waals surface area contributed by atoms with Crippen LogP contribution in [0.3, 0.4) is 0 Å². The van der Waals surface area contributed by atoms with E-state index in [1.54, 1.807) is 12.1 Å². The van der Waals surface area contributed by atoms with Crippen molar-refractivity contribution >= 4 is 17.2 Å². The van der Waals surface area contributed by atoms with Crippen molar-refractivity contribution < 1.29 is 23.1 Å². The van der Waals surface area contributed by atoms with Gasteiger partial charge in [0, 0.05) is 24.1 Å². The van der Waals surface area contributed by atoms with Crippen molar-refractivity contribution in [2.45, 2.75) is 45.1 Å². The number of alkyl halides is 2. The number of hydrogen-bond donors (Lipinski definition) is 1. The second kappa shape index (κ2) is 8.05. The molecule has 4 rings (SSSR count). The number of benzene rings is 2. The zero-order chi connectivity index (χ0) is 21.4. The van der Waals surface area contributed by atoms with Crippen LogP contribution in [0.15, 0.2) is 46.9 Å². The van der Waals surface area contributed by atoms with Gasteiger partial charge >= 0.3 is 6.09 Å². The minimum absolute atomic E-state index is 0.00374. The molecule has 0 spiro atoms. The Morgan fingerprint density at radius 3 is 2.50 bits per heavy atom. The molecule has 1 fully saturated rings. The Bertz CT molecular complexity index is 1050. The third-order valence-corrected chi connectivity index (χ3v) is 5.91. The van der Waals surface area contributed by atoms with E-state index in [9.17, 15) is 18.7 Å². The first-order valence-electron chi connectivity index (χ1n) is 10.1. The van der Waals surface area contributed by atoms with Gasteiger partial charge < -0.3 is 14.4 Å². The standard InChI is InChI=1S/C23H24F2N2O3/c1-13(2)19-12-17(9-10-27(19)23(28)29)22-26-18-11-16(7-8-20(18)30-22)14-3-5-15(6-4-14)21(24)25/h3-8,11,13,17,19,21H,9-10,12H2,1-2H3,(H,28,29). The molecule has 1 aromatic heterocycles. The maximum Gasteiger partial charge on any atom is 0.407 e. The lowest BCUT2D eigenvalue weighted by Crippen LogP contribution is -2.47. The predicted molar refractivity (Wildman–Crippen MR) is 110 cm³/mol. The fraction of sp³-hybridized carbons (Fsp3) is 0.391. The lowest BCUT2D eigenvalue weighted by molar-refractivity contribution is 0.0794. The van der Waals surface area contributed by atoms with Crippen LogP contribution in [0.2, 0.25) is 0 Å². The molecule has 1 N–H and O–H groups in total. The SMILES string of the molecule is CC(C)C1CC(c2nc3cc(-c4ccc(C(F)F)cc4)ccc3o2)CCN1C(=O)O. The molecule has 7 heteroatoms. The molecular weight excluding hydrogens is 390 g/mol. The van der Waals surface area contributed by atoms with Crippen molar-refractivity contribution in [1.29, 1.82) is 0 Å². The van der Waals surface area contributed by atoms with Gasteiger partial charge in [0.2, 0.25) is 0 Å². The van der Waals surface area contributed by atoms with E-state index in [0.717, 1.165) is 11.1 Å². The van der Waals surface area contributed by atoms with Gasteiger partial charge in [-0.25, -0.2) is 18.6 Å². The second-order valence-corrected chi connectivity index (χ2v) is 8.17. The Morgan fingerprint density at radius 1 is 1.17 bits per heavy atom. The largest absolute Gasteiger partial charge is 0.465 e. The quantitative estimate of drug-likeness (QED) is 0.543. The number of carbonyl (C=O) groups is 1. The highest BCUT2D eigenvalue weighted by Gasteiger charge is 2.35. The molecule has 2 heterocycles. The Labute approximate surface area is 173 Å². The van der Waals surface area contributed by atoms with E-state index in [1.807, 2.05) is 32.0 Å². The summed E-state index contributed by atoms with van der Waals surface area (Å²) in [6.07, 6.45) is -2.02. The highest BCUT2D eigenvalue weighted by molar-refractivity contribution is 5.80. The summed E-state index contributed by atoms with van der Waals surface area (Å²) < 4.78 is 31.6. The lowest BCUT2D eigenvalue weighted by Gasteiger charge is -2.39. The van der Waals surface area contributed by atoms with Crippen LogP contribution in [-0.4, -0.2) is 33.7 Å². The Kier molecular flexibility index (Phi) is 5.45. The molecule has 1 amide bonds. The summed E-state index contributed by atoms with van der Waals surface area (Å²) in [5, 5.41) is 9.46. The molecule has 0 saturated carbocycles. The minimum atomic E-state index is -2.48. The van der Waals surface area contributed by atoms with Gasteiger partial charge in [0.25, 0.3) is 6.43 Å². The van der Waals surface area contributed by atoms with Crippen molar-refractivity contribution in [3.05, 3.63) is 53.9 Å². The van der Waals surface area contributed by atoms with Crippen LogP contribution >= 0.6 is 0 Å². The highest BCUT2D eigenvalue weighted by atomic mass is 19.3. The number of oxazole rings is 1. The molecule has 1 aliphatic rings. The van der Waals surface area contributed by atoms with Gasteiger partial charge in [-0.05, 0) is 42.0 Å². The smallest absolute Gasteiger partial charge is 0.407 e. The maximum absolute atomic E-state index is 12.8. The number of aromatic nitrogens is 1. The lowest BCUT2D eigenvalue weighted by atomic mass is 9.85. The Hall–Kier alpha value is -2.96. The molecule has 5 nitrogen and oxygen atoms in total. The van der Waals surface area contributed by atoms with Crippen molar-refractivity contribution in [3.8, 4) is 11.1 Å². The normalized spacial score (nSPS) is 19.7. The zero-order valence-corrected chi connectivity index (χ0v) is 16.9. The van der Waals surface area contributed by atoms with Crippen LogP contribution < -0.4 is 0 Å². The van der Waals surface area contributed by atoms with E-state index < -0.39 is 12.5 Å². The van der Waals surface area contributed by atoms with Crippen molar-refractivity contribution in [3.63, 3.8) is 0 Å². The molecule has 1 aliphatic heterocycles. The molecule has 158 valence electrons. The van der Waals surface area contributed by atoms with Crippen LogP contribution in [0.1, 0.15) is 50.5 Å². The molecule has 3 aromatic rings. The second-order valence-electron chi connectivity index (χ2n) is 8.17. The van der Waals surface area contributed by atoms with Gasteiger partial charge in [-0.1, -0.05) is 44.2 Å². The number of piperidine rings is 1. The highest BCUT2D eigenvalue weighted by Crippen LogP contribution is 2.36. The fourth-order valence-electron chi connectivity index (χ4n) is 4.21. The summed E-state index contributed by atoms with van der Waals surface area (Å²) in [5.74, 6) is 0.899. The van der Waals surface area contributed by atoms with E-state index in [-0.39, 0.29) is 23.4 Å². The first-order chi connectivity index (χ1) is 14.3.